The molecule has 3 aromatic heterocycles. The summed E-state index contributed by atoms with van der Waals surface area (Å²) >= 11 is 0. The molecule has 7 heteroatoms. The van der Waals surface area contributed by atoms with Gasteiger partial charge in [0.05, 0.1) is 16.8 Å². The maximum Gasteiger partial charge on any atom is 0.165 e. The SMILES string of the molecule is CCOCc1nc(NC2=CCC3=C(C=C2)C(C)(C)CN(C)C3)c2ccc(-c3ncccc3C)nc2n1. The van der Waals surface area contributed by atoms with E-state index in [0.29, 0.717) is 24.7 Å². The molecule has 0 bridgehead atoms. The fourth-order valence-corrected chi connectivity index (χ4v) is 5.22. The fourth-order valence-electron chi connectivity index (χ4n) is 5.22. The first-order valence-corrected chi connectivity index (χ1v) is 12.6. The quantitative estimate of drug-likeness (QED) is 0.500. The van der Waals surface area contributed by atoms with Crippen LogP contribution in [0.2, 0.25) is 0 Å². The van der Waals surface area contributed by atoms with Crippen LogP contribution in [-0.4, -0.2) is 51.6 Å². The van der Waals surface area contributed by atoms with Crippen LogP contribution in [0.3, 0.4) is 0 Å². The number of ether oxygens (including phenoxy) is 1. The number of fused-ring (bicyclic) bond motifs is 1. The van der Waals surface area contributed by atoms with E-state index in [2.05, 4.69) is 54.3 Å². The van der Waals surface area contributed by atoms with Crippen molar-refractivity contribution in [3.63, 3.8) is 0 Å². The second kappa shape index (κ2) is 9.91. The zero-order valence-corrected chi connectivity index (χ0v) is 21.8. The number of allylic oxidation sites excluding steroid dienone is 3. The molecule has 7 nitrogen and oxygen atoms in total. The number of pyridine rings is 2. The van der Waals surface area contributed by atoms with Crippen molar-refractivity contribution in [3.05, 3.63) is 76.9 Å². The molecule has 186 valence electrons. The molecule has 0 atom stereocenters. The topological polar surface area (TPSA) is 76.1 Å². The van der Waals surface area contributed by atoms with E-state index in [1.165, 1.54) is 11.1 Å². The second-order valence-electron chi connectivity index (χ2n) is 10.3. The fraction of sp³-hybridized carbons (Fsp3) is 0.379. The van der Waals surface area contributed by atoms with Gasteiger partial charge in [0.2, 0.25) is 0 Å². The van der Waals surface area contributed by atoms with Crippen LogP contribution in [0.25, 0.3) is 22.4 Å². The Morgan fingerprint density at radius 2 is 1.97 bits per heavy atom. The van der Waals surface area contributed by atoms with Gasteiger partial charge in [-0.05, 0) is 68.3 Å². The number of hydrogen-bond acceptors (Lipinski definition) is 7. The van der Waals surface area contributed by atoms with E-state index in [-0.39, 0.29) is 5.41 Å². The van der Waals surface area contributed by atoms with Crippen LogP contribution < -0.4 is 5.32 Å². The summed E-state index contributed by atoms with van der Waals surface area (Å²) in [5.41, 5.74) is 7.42. The van der Waals surface area contributed by atoms with Crippen molar-refractivity contribution < 1.29 is 4.74 Å². The summed E-state index contributed by atoms with van der Waals surface area (Å²) < 4.78 is 5.63. The minimum Gasteiger partial charge on any atom is -0.374 e. The number of rotatable bonds is 6. The van der Waals surface area contributed by atoms with Gasteiger partial charge in [-0.25, -0.2) is 15.0 Å². The molecule has 1 aliphatic heterocycles. The summed E-state index contributed by atoms with van der Waals surface area (Å²) in [6.07, 6.45) is 9.40. The van der Waals surface area contributed by atoms with Crippen LogP contribution in [0.15, 0.2) is 65.5 Å². The first-order chi connectivity index (χ1) is 17.3. The van der Waals surface area contributed by atoms with Gasteiger partial charge in [0.15, 0.2) is 11.5 Å². The van der Waals surface area contributed by atoms with E-state index in [1.807, 2.05) is 38.1 Å². The lowest BCUT2D eigenvalue weighted by Crippen LogP contribution is -2.39. The average molecular weight is 483 g/mol. The molecule has 0 unspecified atom stereocenters. The standard InChI is InChI=1S/C29H34N6O/c1-6-36-17-25-33-27(22-12-14-24(32-28(22)34-25)26-19(2)8-7-15-30-26)31-21-10-9-20-16-35(5)18-29(3,4)23(20)13-11-21/h7-8,10-15H,6,9,16-18H2,1-5H3,(H,31,32,33,34). The van der Waals surface area contributed by atoms with E-state index < -0.39 is 0 Å². The number of anilines is 1. The summed E-state index contributed by atoms with van der Waals surface area (Å²) in [5, 5.41) is 4.44. The monoisotopic (exact) mass is 482 g/mol. The zero-order chi connectivity index (χ0) is 25.3. The predicted molar refractivity (Wildman–Crippen MR) is 144 cm³/mol. The van der Waals surface area contributed by atoms with Crippen molar-refractivity contribution in [1.29, 1.82) is 0 Å². The Morgan fingerprint density at radius 3 is 2.78 bits per heavy atom. The number of aryl methyl sites for hydroxylation is 1. The Bertz CT molecular complexity index is 1390. The van der Waals surface area contributed by atoms with Crippen molar-refractivity contribution in [3.8, 4) is 11.4 Å². The van der Waals surface area contributed by atoms with Crippen LogP contribution in [0.5, 0.6) is 0 Å². The smallest absolute Gasteiger partial charge is 0.165 e. The largest absolute Gasteiger partial charge is 0.374 e. The highest BCUT2D eigenvalue weighted by molar-refractivity contribution is 5.89. The van der Waals surface area contributed by atoms with Gasteiger partial charge in [0.25, 0.3) is 0 Å². The maximum absolute atomic E-state index is 5.63. The summed E-state index contributed by atoms with van der Waals surface area (Å²) in [7, 11) is 2.20. The van der Waals surface area contributed by atoms with Crippen molar-refractivity contribution in [2.24, 2.45) is 5.41 Å². The van der Waals surface area contributed by atoms with Gasteiger partial charge in [-0.1, -0.05) is 32.1 Å². The van der Waals surface area contributed by atoms with Crippen molar-refractivity contribution in [2.45, 2.75) is 40.7 Å². The molecule has 4 heterocycles. The molecule has 1 N–H and O–H groups in total. The molecule has 0 radical (unpaired) electrons. The normalized spacial score (nSPS) is 17.6. The predicted octanol–water partition coefficient (Wildman–Crippen LogP) is 5.46. The molecular formula is C29H34N6O. The molecule has 0 spiro atoms. The minimum absolute atomic E-state index is 0.123. The molecule has 0 saturated carbocycles. The number of aromatic nitrogens is 4. The Morgan fingerprint density at radius 1 is 1.11 bits per heavy atom. The van der Waals surface area contributed by atoms with Crippen molar-refractivity contribution in [2.75, 3.05) is 32.1 Å². The highest BCUT2D eigenvalue weighted by Gasteiger charge is 2.31. The van der Waals surface area contributed by atoms with Gasteiger partial charge in [-0.2, -0.15) is 0 Å². The number of hydrogen-bond donors (Lipinski definition) is 1. The number of likely N-dealkylation sites (N-methyl/N-ethyl adjacent to an activating group) is 1. The van der Waals surface area contributed by atoms with E-state index >= 15 is 0 Å². The van der Waals surface area contributed by atoms with E-state index in [0.717, 1.165) is 53.4 Å². The zero-order valence-electron chi connectivity index (χ0n) is 21.8. The van der Waals surface area contributed by atoms with Gasteiger partial charge >= 0.3 is 0 Å². The summed E-state index contributed by atoms with van der Waals surface area (Å²) in [6.45, 7) is 11.6. The lowest BCUT2D eigenvalue weighted by molar-refractivity contribution is 0.128. The lowest BCUT2D eigenvalue weighted by Gasteiger charge is -2.38. The van der Waals surface area contributed by atoms with Gasteiger partial charge < -0.3 is 15.0 Å². The number of nitrogens with zero attached hydrogens (tertiary/aromatic N) is 5. The summed E-state index contributed by atoms with van der Waals surface area (Å²) in [6, 6.07) is 7.99. The third-order valence-corrected chi connectivity index (χ3v) is 6.79. The summed E-state index contributed by atoms with van der Waals surface area (Å²) in [5.74, 6) is 1.34. The lowest BCUT2D eigenvalue weighted by atomic mass is 9.77. The van der Waals surface area contributed by atoms with Gasteiger partial charge in [-0.15, -0.1) is 0 Å². The minimum atomic E-state index is 0.123. The summed E-state index contributed by atoms with van der Waals surface area (Å²) in [4.78, 5) is 21.3. The first-order valence-electron chi connectivity index (χ1n) is 12.6. The molecule has 2 aliphatic rings. The Kier molecular flexibility index (Phi) is 6.69. The van der Waals surface area contributed by atoms with Crippen LogP contribution in [0.1, 0.15) is 38.6 Å². The van der Waals surface area contributed by atoms with E-state index in [4.69, 9.17) is 19.7 Å². The van der Waals surface area contributed by atoms with Crippen molar-refractivity contribution in [1.82, 2.24) is 24.8 Å². The number of nitrogens with one attached hydrogen (secondary N) is 1. The first kappa shape index (κ1) is 24.3. The van der Waals surface area contributed by atoms with Crippen LogP contribution >= 0.6 is 0 Å². The van der Waals surface area contributed by atoms with Gasteiger partial charge in [0, 0.05) is 37.0 Å². The molecule has 1 aliphatic carbocycles. The second-order valence-corrected chi connectivity index (χ2v) is 10.3. The molecule has 0 fully saturated rings. The molecule has 3 aromatic rings. The Hall–Kier alpha value is -3.42. The molecule has 5 rings (SSSR count). The average Bonchev–Trinajstić information content (AvgIpc) is 3.05. The van der Waals surface area contributed by atoms with Crippen LogP contribution in [-0.2, 0) is 11.3 Å². The molecule has 0 saturated heterocycles. The molecular weight excluding hydrogens is 448 g/mol. The molecule has 0 aromatic carbocycles. The van der Waals surface area contributed by atoms with Gasteiger partial charge in [0.1, 0.15) is 12.4 Å². The molecule has 36 heavy (non-hydrogen) atoms. The Labute approximate surface area is 213 Å². The highest BCUT2D eigenvalue weighted by Crippen LogP contribution is 2.38. The highest BCUT2D eigenvalue weighted by atomic mass is 16.5. The van der Waals surface area contributed by atoms with E-state index in [1.54, 1.807) is 6.20 Å². The third kappa shape index (κ3) is 4.94. The third-order valence-electron chi connectivity index (χ3n) is 6.79. The van der Waals surface area contributed by atoms with E-state index in [9.17, 15) is 0 Å². The molecule has 0 amide bonds. The van der Waals surface area contributed by atoms with Crippen molar-refractivity contribution >= 4 is 16.9 Å². The van der Waals surface area contributed by atoms with Crippen LogP contribution in [0, 0.1) is 12.3 Å². The maximum atomic E-state index is 5.63. The Balaban J connectivity index is 1.51. The van der Waals surface area contributed by atoms with Crippen LogP contribution in [0.4, 0.5) is 5.82 Å². The van der Waals surface area contributed by atoms with Gasteiger partial charge in [-0.3, -0.25) is 4.98 Å².